The number of hydrogen-bond donors (Lipinski definition) is 0. The van der Waals surface area contributed by atoms with Crippen LogP contribution in [-0.2, 0) is 25.7 Å². The number of fused-ring (bicyclic) bond motifs is 1. The molecule has 0 radical (unpaired) electrons. The van der Waals surface area contributed by atoms with E-state index in [1.807, 2.05) is 4.90 Å². The Labute approximate surface area is 210 Å². The van der Waals surface area contributed by atoms with Crippen molar-refractivity contribution < 1.29 is 35.9 Å². The molecular weight excluding hydrogens is 553 g/mol. The maximum atomic E-state index is 13.6. The first-order chi connectivity index (χ1) is 16.2. The van der Waals surface area contributed by atoms with Crippen molar-refractivity contribution in [3.8, 4) is 5.75 Å². The van der Waals surface area contributed by atoms with Gasteiger partial charge in [-0.2, -0.15) is 13.2 Å². The monoisotopic (exact) mass is 576 g/mol. The second-order valence-electron chi connectivity index (χ2n) is 9.46. The van der Waals surface area contributed by atoms with E-state index in [4.69, 9.17) is 9.47 Å². The van der Waals surface area contributed by atoms with Gasteiger partial charge in [-0.25, -0.2) is 8.42 Å². The molecular formula is C23H24BrF3N2O5S. The molecule has 2 aliphatic rings. The molecule has 2 aromatic rings. The fourth-order valence-electron chi connectivity index (χ4n) is 4.50. The summed E-state index contributed by atoms with van der Waals surface area (Å²) in [6.45, 7) is 4.45. The molecule has 4 rings (SSSR count). The number of sulfonamides is 1. The number of hydrogen-bond acceptors (Lipinski definition) is 6. The fraction of sp³-hybridized carbons (Fsp3) is 0.435. The molecule has 0 bridgehead atoms. The number of esters is 1. The SMILES string of the molecule is COC(=O)C(C)(C)CN1CC2(C1)CN(S(=O)(=O)c1cccc(C(F)(F)F)c1)c1cc(Br)ccc1O2. The number of halogens is 4. The van der Waals surface area contributed by atoms with E-state index in [1.165, 1.54) is 7.11 Å². The lowest BCUT2D eigenvalue weighted by atomic mass is 9.86. The molecule has 1 fully saturated rings. The first kappa shape index (κ1) is 25.8. The van der Waals surface area contributed by atoms with Gasteiger partial charge in [0.25, 0.3) is 10.0 Å². The van der Waals surface area contributed by atoms with Crippen LogP contribution in [0.3, 0.4) is 0 Å². The quantitative estimate of drug-likeness (QED) is 0.494. The Bertz CT molecular complexity index is 1260. The fourth-order valence-corrected chi connectivity index (χ4v) is 6.44. The molecule has 2 aromatic carbocycles. The molecule has 0 amide bonds. The number of benzene rings is 2. The Morgan fingerprint density at radius 1 is 1.14 bits per heavy atom. The van der Waals surface area contributed by atoms with Crippen LogP contribution in [0.1, 0.15) is 19.4 Å². The van der Waals surface area contributed by atoms with E-state index >= 15 is 0 Å². The molecule has 7 nitrogen and oxygen atoms in total. The Hall–Kier alpha value is -2.31. The van der Waals surface area contributed by atoms with Crippen LogP contribution in [0.5, 0.6) is 5.75 Å². The highest BCUT2D eigenvalue weighted by Crippen LogP contribution is 2.45. The van der Waals surface area contributed by atoms with Gasteiger partial charge in [-0.05, 0) is 50.2 Å². The largest absolute Gasteiger partial charge is 0.480 e. The number of nitrogens with zero attached hydrogens (tertiary/aromatic N) is 2. The summed E-state index contributed by atoms with van der Waals surface area (Å²) in [5.41, 5.74) is -2.51. The van der Waals surface area contributed by atoms with E-state index in [0.717, 1.165) is 22.5 Å². The first-order valence-electron chi connectivity index (χ1n) is 10.7. The van der Waals surface area contributed by atoms with Gasteiger partial charge in [0.2, 0.25) is 0 Å². The van der Waals surface area contributed by atoms with Crippen molar-refractivity contribution in [1.82, 2.24) is 4.90 Å². The molecule has 190 valence electrons. The summed E-state index contributed by atoms with van der Waals surface area (Å²) in [6, 6.07) is 8.58. The number of likely N-dealkylation sites (tertiary alicyclic amines) is 1. The predicted molar refractivity (Wildman–Crippen MR) is 126 cm³/mol. The third-order valence-corrected chi connectivity index (χ3v) is 8.33. The molecule has 0 atom stereocenters. The maximum absolute atomic E-state index is 13.6. The van der Waals surface area contributed by atoms with Crippen LogP contribution in [0.2, 0.25) is 0 Å². The summed E-state index contributed by atoms with van der Waals surface area (Å²) in [6.07, 6.45) is -4.68. The van der Waals surface area contributed by atoms with Crippen molar-refractivity contribution in [2.75, 3.05) is 37.6 Å². The van der Waals surface area contributed by atoms with E-state index in [-0.39, 0.29) is 18.2 Å². The molecule has 1 spiro atoms. The highest BCUT2D eigenvalue weighted by atomic mass is 79.9. The van der Waals surface area contributed by atoms with E-state index < -0.39 is 37.7 Å². The van der Waals surface area contributed by atoms with E-state index in [9.17, 15) is 26.4 Å². The maximum Gasteiger partial charge on any atom is 0.416 e. The molecule has 2 aliphatic heterocycles. The summed E-state index contributed by atoms with van der Waals surface area (Å²) >= 11 is 3.32. The number of alkyl halides is 3. The third kappa shape index (κ3) is 4.88. The van der Waals surface area contributed by atoms with Crippen LogP contribution in [0.15, 0.2) is 51.8 Å². The molecule has 0 N–H and O–H groups in total. The zero-order chi connectivity index (χ0) is 25.8. The number of carbonyl (C=O) groups excluding carboxylic acids is 1. The van der Waals surface area contributed by atoms with Gasteiger partial charge in [0.1, 0.15) is 5.75 Å². The smallest absolute Gasteiger partial charge is 0.416 e. The highest BCUT2D eigenvalue weighted by Gasteiger charge is 2.53. The van der Waals surface area contributed by atoms with Crippen LogP contribution < -0.4 is 9.04 Å². The van der Waals surface area contributed by atoms with E-state index in [1.54, 1.807) is 32.0 Å². The summed E-state index contributed by atoms with van der Waals surface area (Å²) in [4.78, 5) is 13.6. The summed E-state index contributed by atoms with van der Waals surface area (Å²) in [7, 11) is -3.04. The zero-order valence-electron chi connectivity index (χ0n) is 19.2. The first-order valence-corrected chi connectivity index (χ1v) is 12.9. The number of ether oxygens (including phenoxy) is 2. The van der Waals surface area contributed by atoms with Gasteiger partial charge >= 0.3 is 12.1 Å². The summed E-state index contributed by atoms with van der Waals surface area (Å²) < 4.78 is 79.8. The molecule has 35 heavy (non-hydrogen) atoms. The Morgan fingerprint density at radius 2 is 1.83 bits per heavy atom. The lowest BCUT2D eigenvalue weighted by Crippen LogP contribution is -2.72. The minimum Gasteiger partial charge on any atom is -0.480 e. The third-order valence-electron chi connectivity index (χ3n) is 6.08. The van der Waals surface area contributed by atoms with Gasteiger partial charge in [0.15, 0.2) is 5.60 Å². The summed E-state index contributed by atoms with van der Waals surface area (Å²) in [5.74, 6) is -0.0613. The van der Waals surface area contributed by atoms with Crippen LogP contribution in [-0.4, -0.2) is 58.2 Å². The second kappa shape index (κ2) is 8.67. The van der Waals surface area contributed by atoms with Crippen molar-refractivity contribution in [2.24, 2.45) is 5.41 Å². The molecule has 0 saturated carbocycles. The Morgan fingerprint density at radius 3 is 2.46 bits per heavy atom. The molecule has 1 saturated heterocycles. The van der Waals surface area contributed by atoms with Gasteiger partial charge in [-0.3, -0.25) is 14.0 Å². The van der Waals surface area contributed by atoms with E-state index in [2.05, 4.69) is 15.9 Å². The molecule has 12 heteroatoms. The van der Waals surface area contributed by atoms with Crippen LogP contribution >= 0.6 is 15.9 Å². The van der Waals surface area contributed by atoms with Gasteiger partial charge in [-0.15, -0.1) is 0 Å². The van der Waals surface area contributed by atoms with Crippen LogP contribution in [0, 0.1) is 5.41 Å². The van der Waals surface area contributed by atoms with Crippen molar-refractivity contribution in [3.05, 3.63) is 52.5 Å². The van der Waals surface area contributed by atoms with Gasteiger partial charge in [0, 0.05) is 24.1 Å². The normalized spacial score (nSPS) is 18.0. The number of methoxy groups -OCH3 is 1. The standard InChI is InChI=1S/C23H24BrF3N2O5S/c1-21(2,20(30)33-3)11-28-12-22(13-28)14-29(18-10-16(24)7-8-19(18)34-22)35(31,32)17-6-4-5-15(9-17)23(25,26)27/h4-10H,11-14H2,1-3H3. The molecule has 0 aromatic heterocycles. The van der Waals surface area contributed by atoms with Gasteiger partial charge < -0.3 is 9.47 Å². The second-order valence-corrected chi connectivity index (χ2v) is 12.2. The lowest BCUT2D eigenvalue weighted by Gasteiger charge is -2.55. The van der Waals surface area contributed by atoms with Crippen LogP contribution in [0.4, 0.5) is 18.9 Å². The minimum absolute atomic E-state index is 0.0931. The van der Waals surface area contributed by atoms with Crippen molar-refractivity contribution >= 4 is 37.6 Å². The number of rotatable bonds is 5. The molecule has 0 aliphatic carbocycles. The van der Waals surface area contributed by atoms with Crippen molar-refractivity contribution in [2.45, 2.75) is 30.5 Å². The Kier molecular flexibility index (Phi) is 6.38. The molecule has 0 unspecified atom stereocenters. The number of carbonyl (C=O) groups is 1. The van der Waals surface area contributed by atoms with Crippen LogP contribution in [0.25, 0.3) is 0 Å². The average molecular weight is 577 g/mol. The number of anilines is 1. The van der Waals surface area contributed by atoms with Gasteiger partial charge in [0.05, 0.1) is 35.2 Å². The predicted octanol–water partition coefficient (Wildman–Crippen LogP) is 4.31. The van der Waals surface area contributed by atoms with Crippen molar-refractivity contribution in [1.29, 1.82) is 0 Å². The zero-order valence-corrected chi connectivity index (χ0v) is 21.6. The minimum atomic E-state index is -4.68. The average Bonchev–Trinajstić information content (AvgIpc) is 2.76. The van der Waals surface area contributed by atoms with E-state index in [0.29, 0.717) is 35.9 Å². The lowest BCUT2D eigenvalue weighted by molar-refractivity contribution is -0.155. The topological polar surface area (TPSA) is 76.2 Å². The molecule has 2 heterocycles. The van der Waals surface area contributed by atoms with Gasteiger partial charge in [-0.1, -0.05) is 22.0 Å². The highest BCUT2D eigenvalue weighted by molar-refractivity contribution is 9.10. The summed E-state index contributed by atoms with van der Waals surface area (Å²) in [5, 5.41) is 0. The van der Waals surface area contributed by atoms with Crippen molar-refractivity contribution in [3.63, 3.8) is 0 Å². The Balaban J connectivity index is 1.67.